The smallest absolute Gasteiger partial charge is 0.319 e. The summed E-state index contributed by atoms with van der Waals surface area (Å²) >= 11 is 0. The van der Waals surface area contributed by atoms with Crippen LogP contribution < -0.4 is 15.4 Å². The monoisotopic (exact) mass is 232 g/mol. The van der Waals surface area contributed by atoms with Gasteiger partial charge in [-0.1, -0.05) is 24.3 Å². The largest absolute Gasteiger partial charge is 0.491 e. The Kier molecular flexibility index (Phi) is 3.04. The van der Waals surface area contributed by atoms with Crippen LogP contribution in [0.3, 0.4) is 0 Å². The Hall–Kier alpha value is -1.97. The van der Waals surface area contributed by atoms with E-state index in [1.165, 1.54) is 4.90 Å². The lowest BCUT2D eigenvalue weighted by Gasteiger charge is -2.22. The molecule has 1 aromatic rings. The first-order valence-corrected chi connectivity index (χ1v) is 5.55. The Balaban J connectivity index is 2.40. The second kappa shape index (κ2) is 4.49. The van der Waals surface area contributed by atoms with E-state index in [2.05, 4.69) is 6.58 Å². The molecule has 2 rings (SSSR count). The minimum absolute atomic E-state index is 0.412. The van der Waals surface area contributed by atoms with E-state index in [1.807, 2.05) is 25.1 Å². The van der Waals surface area contributed by atoms with E-state index in [-0.39, 0.29) is 0 Å². The molecular weight excluding hydrogens is 216 g/mol. The fourth-order valence-electron chi connectivity index (χ4n) is 1.96. The van der Waals surface area contributed by atoms with Crippen LogP contribution in [-0.2, 0) is 6.42 Å². The molecule has 0 saturated carbocycles. The summed E-state index contributed by atoms with van der Waals surface area (Å²) in [4.78, 5) is 13.0. The maximum absolute atomic E-state index is 11.5. The highest BCUT2D eigenvalue weighted by Gasteiger charge is 2.22. The molecule has 0 fully saturated rings. The van der Waals surface area contributed by atoms with Gasteiger partial charge in [0.15, 0.2) is 0 Å². The molecule has 17 heavy (non-hydrogen) atoms. The molecule has 0 bridgehead atoms. The molecule has 1 aliphatic rings. The highest BCUT2D eigenvalue weighted by atomic mass is 16.5. The molecular formula is C13H16N2O2. The molecule has 0 aromatic heterocycles. The Labute approximate surface area is 101 Å². The van der Waals surface area contributed by atoms with Gasteiger partial charge in [0.1, 0.15) is 5.75 Å². The Morgan fingerprint density at radius 2 is 2.35 bits per heavy atom. The second-order valence-electron chi connectivity index (χ2n) is 4.25. The number of carbonyl (C=O) groups is 1. The number of urea groups is 1. The fraction of sp³-hybridized carbons (Fsp3) is 0.308. The van der Waals surface area contributed by atoms with Crippen LogP contribution in [0, 0.1) is 0 Å². The van der Waals surface area contributed by atoms with Crippen molar-refractivity contribution in [3.8, 4) is 5.75 Å². The summed E-state index contributed by atoms with van der Waals surface area (Å²) in [6.45, 7) is 6.74. The van der Waals surface area contributed by atoms with Crippen LogP contribution in [0.5, 0.6) is 5.75 Å². The van der Waals surface area contributed by atoms with Crippen molar-refractivity contribution in [3.63, 3.8) is 0 Å². The molecule has 0 radical (unpaired) electrons. The molecule has 0 spiro atoms. The van der Waals surface area contributed by atoms with E-state index in [0.29, 0.717) is 13.2 Å². The van der Waals surface area contributed by atoms with Crippen molar-refractivity contribution in [2.24, 2.45) is 5.73 Å². The van der Waals surface area contributed by atoms with Crippen LogP contribution in [0.2, 0.25) is 0 Å². The first-order chi connectivity index (χ1) is 8.09. The number of primary amides is 1. The first kappa shape index (κ1) is 11.5. The molecule has 4 nitrogen and oxygen atoms in total. The lowest BCUT2D eigenvalue weighted by atomic mass is 10.1. The summed E-state index contributed by atoms with van der Waals surface area (Å²) in [5.74, 6) is 0.771. The number of ether oxygens (including phenoxy) is 1. The zero-order chi connectivity index (χ0) is 12.4. The van der Waals surface area contributed by atoms with Gasteiger partial charge in [-0.05, 0) is 18.6 Å². The average molecular weight is 232 g/mol. The Bertz CT molecular complexity index is 468. The van der Waals surface area contributed by atoms with Crippen molar-refractivity contribution in [2.45, 2.75) is 13.3 Å². The number of rotatable bonds is 3. The van der Waals surface area contributed by atoms with E-state index in [9.17, 15) is 4.79 Å². The molecule has 0 saturated heterocycles. The summed E-state index contributed by atoms with van der Waals surface area (Å²) in [5, 5.41) is 0. The highest BCUT2D eigenvalue weighted by molar-refractivity contribution is 5.93. The van der Waals surface area contributed by atoms with Crippen molar-refractivity contribution < 1.29 is 9.53 Å². The van der Waals surface area contributed by atoms with Crippen molar-refractivity contribution in [1.82, 2.24) is 0 Å². The number of benzene rings is 1. The molecule has 2 N–H and O–H groups in total. The lowest BCUT2D eigenvalue weighted by molar-refractivity contribution is 0.254. The topological polar surface area (TPSA) is 55.6 Å². The van der Waals surface area contributed by atoms with Gasteiger partial charge in [0, 0.05) is 13.0 Å². The quantitative estimate of drug-likeness (QED) is 0.811. The predicted octanol–water partition coefficient (Wildman–Crippen LogP) is 2.08. The van der Waals surface area contributed by atoms with Gasteiger partial charge >= 0.3 is 6.03 Å². The maximum Gasteiger partial charge on any atom is 0.319 e. The third kappa shape index (κ3) is 2.25. The van der Waals surface area contributed by atoms with Gasteiger partial charge in [0.2, 0.25) is 0 Å². The van der Waals surface area contributed by atoms with Gasteiger partial charge in [-0.2, -0.15) is 0 Å². The van der Waals surface area contributed by atoms with E-state index >= 15 is 0 Å². The van der Waals surface area contributed by atoms with Gasteiger partial charge in [-0.25, -0.2) is 4.79 Å². The number of amides is 2. The van der Waals surface area contributed by atoms with Gasteiger partial charge in [-0.3, -0.25) is 4.90 Å². The fourth-order valence-corrected chi connectivity index (χ4v) is 1.96. The van der Waals surface area contributed by atoms with Gasteiger partial charge < -0.3 is 10.5 Å². The number of carbonyl (C=O) groups excluding carboxylic acids is 1. The van der Waals surface area contributed by atoms with Crippen LogP contribution in [0.15, 0.2) is 30.4 Å². The van der Waals surface area contributed by atoms with Gasteiger partial charge in [0.25, 0.3) is 0 Å². The molecule has 1 aromatic carbocycles. The summed E-state index contributed by atoms with van der Waals surface area (Å²) in [6.07, 6.45) is 0.878. The number of anilines is 1. The summed E-state index contributed by atoms with van der Waals surface area (Å²) in [7, 11) is 0. The first-order valence-electron chi connectivity index (χ1n) is 5.55. The summed E-state index contributed by atoms with van der Waals surface area (Å²) in [5.41, 5.74) is 8.13. The molecule has 0 aliphatic carbocycles. The van der Waals surface area contributed by atoms with Crippen LogP contribution in [0.25, 0.3) is 0 Å². The Morgan fingerprint density at radius 1 is 1.59 bits per heavy atom. The highest BCUT2D eigenvalue weighted by Crippen LogP contribution is 2.36. The van der Waals surface area contributed by atoms with Crippen LogP contribution >= 0.6 is 0 Å². The zero-order valence-corrected chi connectivity index (χ0v) is 9.90. The van der Waals surface area contributed by atoms with Crippen molar-refractivity contribution in [3.05, 3.63) is 35.9 Å². The SMILES string of the molecule is C=C(C)CN(C(N)=O)c1cccc2c1OCC2. The van der Waals surface area contributed by atoms with Crippen LogP contribution in [-0.4, -0.2) is 19.2 Å². The zero-order valence-electron chi connectivity index (χ0n) is 9.90. The van der Waals surface area contributed by atoms with E-state index in [1.54, 1.807) is 0 Å². The number of nitrogens with two attached hydrogens (primary N) is 1. The maximum atomic E-state index is 11.5. The molecule has 2 amide bonds. The average Bonchev–Trinajstić information content (AvgIpc) is 2.73. The predicted molar refractivity (Wildman–Crippen MR) is 67.4 cm³/mol. The minimum atomic E-state index is -0.489. The van der Waals surface area contributed by atoms with E-state index < -0.39 is 6.03 Å². The standard InChI is InChI=1S/C13H16N2O2/c1-9(2)8-15(13(14)16)11-5-3-4-10-6-7-17-12(10)11/h3-5H,1,6-8H2,2H3,(H2,14,16). The molecule has 4 heteroatoms. The minimum Gasteiger partial charge on any atom is -0.491 e. The van der Waals surface area contributed by atoms with Crippen molar-refractivity contribution >= 4 is 11.7 Å². The van der Waals surface area contributed by atoms with Crippen molar-refractivity contribution in [1.29, 1.82) is 0 Å². The van der Waals surface area contributed by atoms with Crippen LogP contribution in [0.4, 0.5) is 10.5 Å². The molecule has 0 atom stereocenters. The van der Waals surface area contributed by atoms with Gasteiger partial charge in [0.05, 0.1) is 12.3 Å². The number of para-hydroxylation sites is 1. The summed E-state index contributed by atoms with van der Waals surface area (Å²) in [6, 6.07) is 5.28. The molecule has 90 valence electrons. The Morgan fingerprint density at radius 3 is 3.00 bits per heavy atom. The third-order valence-corrected chi connectivity index (χ3v) is 2.68. The van der Waals surface area contributed by atoms with Crippen molar-refractivity contribution in [2.75, 3.05) is 18.1 Å². The second-order valence-corrected chi connectivity index (χ2v) is 4.25. The molecule has 1 heterocycles. The summed E-state index contributed by atoms with van der Waals surface area (Å²) < 4.78 is 5.56. The number of hydrogen-bond acceptors (Lipinski definition) is 2. The molecule has 1 aliphatic heterocycles. The normalized spacial score (nSPS) is 12.8. The van der Waals surface area contributed by atoms with E-state index in [0.717, 1.165) is 29.0 Å². The number of fused-ring (bicyclic) bond motifs is 1. The number of hydrogen-bond donors (Lipinski definition) is 1. The third-order valence-electron chi connectivity index (χ3n) is 2.68. The van der Waals surface area contributed by atoms with Gasteiger partial charge in [-0.15, -0.1) is 0 Å². The number of nitrogens with zero attached hydrogens (tertiary/aromatic N) is 1. The molecule has 0 unspecified atom stereocenters. The van der Waals surface area contributed by atoms with Crippen LogP contribution in [0.1, 0.15) is 12.5 Å². The van der Waals surface area contributed by atoms with E-state index in [4.69, 9.17) is 10.5 Å². The lowest BCUT2D eigenvalue weighted by Crippen LogP contribution is -2.37.